The molecule has 24 heavy (non-hydrogen) atoms. The van der Waals surface area contributed by atoms with Crippen LogP contribution in [0.5, 0.6) is 0 Å². The van der Waals surface area contributed by atoms with E-state index in [1.807, 2.05) is 37.3 Å². The van der Waals surface area contributed by atoms with E-state index in [0.29, 0.717) is 16.8 Å². The van der Waals surface area contributed by atoms with Gasteiger partial charge >= 0.3 is 0 Å². The van der Waals surface area contributed by atoms with Crippen molar-refractivity contribution in [2.24, 2.45) is 0 Å². The van der Waals surface area contributed by atoms with Gasteiger partial charge in [0.1, 0.15) is 0 Å². The third-order valence-corrected chi connectivity index (χ3v) is 4.11. The van der Waals surface area contributed by atoms with Crippen LogP contribution in [0.4, 0.5) is 23.1 Å². The number of nitrogens with one attached hydrogen (secondary N) is 2. The molecule has 0 aliphatic rings. The zero-order valence-corrected chi connectivity index (χ0v) is 14.5. The first kappa shape index (κ1) is 16.2. The van der Waals surface area contributed by atoms with E-state index in [9.17, 15) is 0 Å². The van der Waals surface area contributed by atoms with Crippen molar-refractivity contribution in [3.05, 3.63) is 64.3 Å². The van der Waals surface area contributed by atoms with Crippen LogP contribution in [0.15, 0.2) is 42.6 Å². The van der Waals surface area contributed by atoms with Gasteiger partial charge in [-0.05, 0) is 55.7 Å². The van der Waals surface area contributed by atoms with E-state index >= 15 is 0 Å². The monoisotopic (exact) mass is 339 g/mol. The normalized spacial score (nSPS) is 10.5. The number of rotatable bonds is 4. The minimum absolute atomic E-state index is 0.413. The quantitative estimate of drug-likeness (QED) is 0.705. The van der Waals surface area contributed by atoms with E-state index in [0.717, 1.165) is 16.9 Å². The molecule has 0 saturated heterocycles. The maximum Gasteiger partial charge on any atom is 0.249 e. The molecule has 5 nitrogen and oxygen atoms in total. The smallest absolute Gasteiger partial charge is 0.249 e. The Morgan fingerprint density at radius 1 is 0.917 bits per heavy atom. The molecule has 0 atom stereocenters. The average molecular weight is 340 g/mol. The summed E-state index contributed by atoms with van der Waals surface area (Å²) in [5.41, 5.74) is 5.30. The van der Waals surface area contributed by atoms with Gasteiger partial charge in [0, 0.05) is 16.4 Å². The molecule has 1 aromatic heterocycles. The van der Waals surface area contributed by atoms with Crippen molar-refractivity contribution in [2.45, 2.75) is 20.8 Å². The van der Waals surface area contributed by atoms with Crippen molar-refractivity contribution in [1.29, 1.82) is 0 Å². The molecule has 2 N–H and O–H groups in total. The highest BCUT2D eigenvalue weighted by Crippen LogP contribution is 2.24. The molecular weight excluding hydrogens is 322 g/mol. The van der Waals surface area contributed by atoms with Crippen LogP contribution in [0, 0.1) is 20.8 Å². The van der Waals surface area contributed by atoms with Gasteiger partial charge in [0.2, 0.25) is 5.95 Å². The molecule has 0 aliphatic heterocycles. The van der Waals surface area contributed by atoms with E-state index in [1.165, 1.54) is 11.1 Å². The standard InChI is InChI=1S/C18H18ClN5/c1-11-5-4-6-15(13(11)3)21-17-10-20-24-18(23-17)22-16-9-14(19)8-7-12(16)2/h4-10H,1-3H3,(H2,21,22,23,24). The van der Waals surface area contributed by atoms with E-state index in [4.69, 9.17) is 11.6 Å². The Kier molecular flexibility index (Phi) is 4.62. The number of halogens is 1. The largest absolute Gasteiger partial charge is 0.339 e. The highest BCUT2D eigenvalue weighted by molar-refractivity contribution is 6.30. The van der Waals surface area contributed by atoms with Crippen molar-refractivity contribution >= 4 is 34.7 Å². The summed E-state index contributed by atoms with van der Waals surface area (Å²) in [5.74, 6) is 1.04. The Hall–Kier alpha value is -2.66. The summed E-state index contributed by atoms with van der Waals surface area (Å²) in [6.45, 7) is 6.14. The van der Waals surface area contributed by atoms with Gasteiger partial charge < -0.3 is 10.6 Å². The lowest BCUT2D eigenvalue weighted by Gasteiger charge is -2.12. The van der Waals surface area contributed by atoms with Gasteiger partial charge in [-0.2, -0.15) is 10.1 Å². The number of aromatic nitrogens is 3. The first-order valence-corrected chi connectivity index (χ1v) is 7.97. The zero-order valence-electron chi connectivity index (χ0n) is 13.8. The lowest BCUT2D eigenvalue weighted by molar-refractivity contribution is 0.981. The molecule has 0 unspecified atom stereocenters. The fourth-order valence-electron chi connectivity index (χ4n) is 2.29. The van der Waals surface area contributed by atoms with Crippen LogP contribution in [-0.4, -0.2) is 15.2 Å². The minimum atomic E-state index is 0.413. The Labute approximate surface area is 146 Å². The Balaban J connectivity index is 1.84. The molecule has 0 fully saturated rings. The van der Waals surface area contributed by atoms with Gasteiger partial charge in [-0.15, -0.1) is 5.10 Å². The summed E-state index contributed by atoms with van der Waals surface area (Å²) < 4.78 is 0. The lowest BCUT2D eigenvalue weighted by Crippen LogP contribution is -2.04. The summed E-state index contributed by atoms with van der Waals surface area (Å²) in [7, 11) is 0. The van der Waals surface area contributed by atoms with Crippen LogP contribution in [0.25, 0.3) is 0 Å². The van der Waals surface area contributed by atoms with Crippen LogP contribution < -0.4 is 10.6 Å². The molecule has 0 aliphatic carbocycles. The van der Waals surface area contributed by atoms with Crippen LogP contribution >= 0.6 is 11.6 Å². The van der Waals surface area contributed by atoms with Gasteiger partial charge in [0.15, 0.2) is 5.82 Å². The van der Waals surface area contributed by atoms with Gasteiger partial charge in [-0.1, -0.05) is 29.8 Å². The molecule has 0 radical (unpaired) electrons. The third kappa shape index (κ3) is 3.63. The van der Waals surface area contributed by atoms with E-state index in [1.54, 1.807) is 6.20 Å². The van der Waals surface area contributed by atoms with Crippen molar-refractivity contribution in [3.8, 4) is 0 Å². The van der Waals surface area contributed by atoms with E-state index in [2.05, 4.69) is 45.7 Å². The first-order valence-electron chi connectivity index (χ1n) is 7.59. The summed E-state index contributed by atoms with van der Waals surface area (Å²) in [6.07, 6.45) is 1.60. The fourth-order valence-corrected chi connectivity index (χ4v) is 2.46. The van der Waals surface area contributed by atoms with E-state index in [-0.39, 0.29) is 0 Å². The number of nitrogens with zero attached hydrogens (tertiary/aromatic N) is 3. The third-order valence-electron chi connectivity index (χ3n) is 3.87. The molecule has 0 amide bonds. The van der Waals surface area contributed by atoms with Gasteiger partial charge in [-0.3, -0.25) is 0 Å². The summed E-state index contributed by atoms with van der Waals surface area (Å²) >= 11 is 6.05. The van der Waals surface area contributed by atoms with Gasteiger partial charge in [0.05, 0.1) is 6.20 Å². The molecule has 0 saturated carbocycles. The molecule has 6 heteroatoms. The van der Waals surface area contributed by atoms with Crippen LogP contribution in [-0.2, 0) is 0 Å². The number of anilines is 4. The number of aryl methyl sites for hydroxylation is 2. The lowest BCUT2D eigenvalue weighted by atomic mass is 10.1. The first-order chi connectivity index (χ1) is 11.5. The number of hydrogen-bond acceptors (Lipinski definition) is 5. The van der Waals surface area contributed by atoms with Crippen LogP contribution in [0.1, 0.15) is 16.7 Å². The number of hydrogen-bond donors (Lipinski definition) is 2. The molecule has 0 spiro atoms. The maximum atomic E-state index is 6.05. The Morgan fingerprint density at radius 2 is 1.75 bits per heavy atom. The highest BCUT2D eigenvalue weighted by Gasteiger charge is 2.06. The van der Waals surface area contributed by atoms with Crippen molar-refractivity contribution in [1.82, 2.24) is 15.2 Å². The highest BCUT2D eigenvalue weighted by atomic mass is 35.5. The number of benzene rings is 2. The van der Waals surface area contributed by atoms with Crippen molar-refractivity contribution in [3.63, 3.8) is 0 Å². The second-order valence-electron chi connectivity index (χ2n) is 5.62. The topological polar surface area (TPSA) is 62.7 Å². The molecular formula is C18H18ClN5. The summed E-state index contributed by atoms with van der Waals surface area (Å²) in [5, 5.41) is 15.1. The second kappa shape index (κ2) is 6.84. The zero-order chi connectivity index (χ0) is 17.1. The van der Waals surface area contributed by atoms with Crippen LogP contribution in [0.3, 0.4) is 0 Å². The van der Waals surface area contributed by atoms with Crippen LogP contribution in [0.2, 0.25) is 5.02 Å². The minimum Gasteiger partial charge on any atom is -0.339 e. The van der Waals surface area contributed by atoms with E-state index < -0.39 is 0 Å². The molecule has 3 rings (SSSR count). The van der Waals surface area contributed by atoms with Crippen molar-refractivity contribution in [2.75, 3.05) is 10.6 Å². The molecule has 3 aromatic rings. The predicted octanol–water partition coefficient (Wildman–Crippen LogP) is 4.94. The molecule has 0 bridgehead atoms. The van der Waals surface area contributed by atoms with Gasteiger partial charge in [-0.25, -0.2) is 0 Å². The molecule has 1 heterocycles. The Bertz CT molecular complexity index is 860. The molecule has 2 aromatic carbocycles. The van der Waals surface area contributed by atoms with Gasteiger partial charge in [0.25, 0.3) is 0 Å². The summed E-state index contributed by atoms with van der Waals surface area (Å²) in [4.78, 5) is 4.47. The molecule has 122 valence electrons. The second-order valence-corrected chi connectivity index (χ2v) is 6.06. The maximum absolute atomic E-state index is 6.05. The SMILES string of the molecule is Cc1ccc(Cl)cc1Nc1nncc(Nc2cccc(C)c2C)n1. The predicted molar refractivity (Wildman–Crippen MR) is 98.5 cm³/mol. The summed E-state index contributed by atoms with van der Waals surface area (Å²) in [6, 6.07) is 11.7. The fraction of sp³-hybridized carbons (Fsp3) is 0.167. The van der Waals surface area contributed by atoms with Crippen molar-refractivity contribution < 1.29 is 0 Å². The Morgan fingerprint density at radius 3 is 2.58 bits per heavy atom. The average Bonchev–Trinajstić information content (AvgIpc) is 2.56.